The Morgan fingerprint density at radius 3 is 2.45 bits per heavy atom. The zero-order chi connectivity index (χ0) is 19.9. The molecule has 1 aromatic carbocycles. The average molecular weight is 517 g/mol. The number of likely N-dealkylation sites (tertiary alicyclic amines) is 1. The summed E-state index contributed by atoms with van der Waals surface area (Å²) in [4.78, 5) is 23.1. The lowest BCUT2D eigenvalue weighted by atomic mass is 10.2. The van der Waals surface area contributed by atoms with E-state index in [4.69, 9.17) is 4.74 Å². The van der Waals surface area contributed by atoms with Gasteiger partial charge < -0.3 is 25.0 Å². The van der Waals surface area contributed by atoms with E-state index >= 15 is 0 Å². The van der Waals surface area contributed by atoms with Crippen LogP contribution in [-0.4, -0.2) is 91.6 Å². The number of guanidine groups is 1. The molecule has 2 fully saturated rings. The number of aromatic hydroxyl groups is 1. The number of carbonyl (C=O) groups is 1. The fourth-order valence-corrected chi connectivity index (χ4v) is 3.71. The fraction of sp³-hybridized carbons (Fsp3) is 0.600. The second-order valence-electron chi connectivity index (χ2n) is 7.25. The molecule has 9 heteroatoms. The van der Waals surface area contributed by atoms with Crippen LogP contribution in [0.25, 0.3) is 0 Å². The smallest absolute Gasteiger partial charge is 0.236 e. The number of hydrogen-bond donors (Lipinski definition) is 2. The van der Waals surface area contributed by atoms with Gasteiger partial charge in [-0.05, 0) is 31.0 Å². The predicted octanol–water partition coefficient (Wildman–Crippen LogP) is 1.33. The number of piperazine rings is 1. The van der Waals surface area contributed by atoms with Crippen LogP contribution in [0.3, 0.4) is 0 Å². The molecule has 2 heterocycles. The van der Waals surface area contributed by atoms with Gasteiger partial charge in [-0.2, -0.15) is 0 Å². The van der Waals surface area contributed by atoms with E-state index in [0.717, 1.165) is 63.6 Å². The summed E-state index contributed by atoms with van der Waals surface area (Å²) in [5.41, 5.74) is 0.760. The summed E-state index contributed by atoms with van der Waals surface area (Å²) in [6, 6.07) is 5.18. The summed E-state index contributed by atoms with van der Waals surface area (Å²) in [6.07, 6.45) is 2.26. The Morgan fingerprint density at radius 1 is 1.14 bits per heavy atom. The molecule has 0 spiro atoms. The van der Waals surface area contributed by atoms with Gasteiger partial charge in [-0.15, -0.1) is 24.0 Å². The molecule has 8 nitrogen and oxygen atoms in total. The monoisotopic (exact) mass is 517 g/mol. The molecule has 162 valence electrons. The fourth-order valence-electron chi connectivity index (χ4n) is 3.71. The number of methoxy groups -OCH3 is 1. The molecular formula is C20H32IN5O3. The summed E-state index contributed by atoms with van der Waals surface area (Å²) in [5.74, 6) is 1.99. The Bertz CT molecular complexity index is 701. The van der Waals surface area contributed by atoms with E-state index in [1.165, 1.54) is 0 Å². The van der Waals surface area contributed by atoms with Crippen LogP contribution in [0.5, 0.6) is 11.5 Å². The molecule has 2 N–H and O–H groups in total. The Morgan fingerprint density at radius 2 is 1.83 bits per heavy atom. The maximum Gasteiger partial charge on any atom is 0.236 e. The summed E-state index contributed by atoms with van der Waals surface area (Å²) in [6.45, 7) is 6.10. The van der Waals surface area contributed by atoms with Crippen molar-refractivity contribution in [2.75, 3.05) is 60.0 Å². The molecule has 1 aromatic rings. The maximum absolute atomic E-state index is 12.3. The molecule has 0 saturated carbocycles. The van der Waals surface area contributed by atoms with Crippen molar-refractivity contribution < 1.29 is 14.6 Å². The number of hydrogen-bond acceptors (Lipinski definition) is 5. The van der Waals surface area contributed by atoms with Gasteiger partial charge in [-0.1, -0.05) is 0 Å². The van der Waals surface area contributed by atoms with Crippen LogP contribution in [0.1, 0.15) is 18.4 Å². The van der Waals surface area contributed by atoms with E-state index in [0.29, 0.717) is 18.8 Å². The number of benzene rings is 1. The Balaban J connectivity index is 0.00000300. The molecule has 0 unspecified atom stereocenters. The molecule has 3 rings (SSSR count). The Hall–Kier alpha value is -1.75. The van der Waals surface area contributed by atoms with Gasteiger partial charge in [0.15, 0.2) is 5.96 Å². The van der Waals surface area contributed by atoms with Crippen LogP contribution in [0.2, 0.25) is 0 Å². The van der Waals surface area contributed by atoms with Gasteiger partial charge in [0.1, 0.15) is 11.5 Å². The lowest BCUT2D eigenvalue weighted by molar-refractivity contribution is -0.131. The van der Waals surface area contributed by atoms with Crippen LogP contribution in [-0.2, 0) is 11.3 Å². The van der Waals surface area contributed by atoms with Crippen LogP contribution < -0.4 is 10.1 Å². The van der Waals surface area contributed by atoms with Crippen LogP contribution >= 0.6 is 24.0 Å². The van der Waals surface area contributed by atoms with Gasteiger partial charge in [0.25, 0.3) is 0 Å². The predicted molar refractivity (Wildman–Crippen MR) is 124 cm³/mol. The number of phenolic OH excluding ortho intramolecular Hbond substituents is 1. The van der Waals surface area contributed by atoms with Crippen molar-refractivity contribution >= 4 is 35.8 Å². The van der Waals surface area contributed by atoms with E-state index in [9.17, 15) is 9.90 Å². The number of rotatable bonds is 5. The third kappa shape index (κ3) is 6.36. The largest absolute Gasteiger partial charge is 0.508 e. The third-order valence-electron chi connectivity index (χ3n) is 5.42. The molecule has 0 bridgehead atoms. The third-order valence-corrected chi connectivity index (χ3v) is 5.42. The molecule has 2 aliphatic heterocycles. The lowest BCUT2D eigenvalue weighted by Crippen LogP contribution is -2.54. The molecular weight excluding hydrogens is 485 g/mol. The van der Waals surface area contributed by atoms with E-state index in [2.05, 4.69) is 20.1 Å². The van der Waals surface area contributed by atoms with Gasteiger partial charge in [-0.25, -0.2) is 0 Å². The second-order valence-corrected chi connectivity index (χ2v) is 7.25. The Labute approximate surface area is 189 Å². The summed E-state index contributed by atoms with van der Waals surface area (Å²) in [5, 5.41) is 13.4. The summed E-state index contributed by atoms with van der Waals surface area (Å²) in [7, 11) is 3.37. The maximum atomic E-state index is 12.3. The molecule has 0 aromatic heterocycles. The van der Waals surface area contributed by atoms with Gasteiger partial charge in [0, 0.05) is 58.4 Å². The van der Waals surface area contributed by atoms with Gasteiger partial charge in [0.2, 0.25) is 5.91 Å². The van der Waals surface area contributed by atoms with Crippen molar-refractivity contribution in [3.63, 3.8) is 0 Å². The second kappa shape index (κ2) is 11.4. The number of carbonyl (C=O) groups excluding carboxylic acids is 1. The summed E-state index contributed by atoms with van der Waals surface area (Å²) >= 11 is 0. The quantitative estimate of drug-likeness (QED) is 0.349. The molecule has 0 aliphatic carbocycles. The van der Waals surface area contributed by atoms with Crippen molar-refractivity contribution in [1.82, 2.24) is 20.0 Å². The number of halogens is 1. The van der Waals surface area contributed by atoms with Crippen LogP contribution in [0, 0.1) is 0 Å². The minimum Gasteiger partial charge on any atom is -0.508 e. The highest BCUT2D eigenvalue weighted by Crippen LogP contribution is 2.22. The first-order chi connectivity index (χ1) is 13.6. The van der Waals surface area contributed by atoms with Crippen molar-refractivity contribution in [2.45, 2.75) is 19.4 Å². The van der Waals surface area contributed by atoms with Gasteiger partial charge in [0.05, 0.1) is 13.7 Å². The van der Waals surface area contributed by atoms with E-state index < -0.39 is 0 Å². The molecule has 1 amide bonds. The SMILES string of the molecule is CN=C(NCc1cc(OC)ccc1O)N1CCN(CC(=O)N2CCCC2)CC1.I. The lowest BCUT2D eigenvalue weighted by Gasteiger charge is -2.36. The van der Waals surface area contributed by atoms with Gasteiger partial charge in [-0.3, -0.25) is 14.7 Å². The standard InChI is InChI=1S/C20H31N5O3.HI/c1-21-20(22-14-16-13-17(28-2)5-6-18(16)26)25-11-9-23(10-12-25)15-19(27)24-7-3-4-8-24;/h5-6,13,26H,3-4,7-12,14-15H2,1-2H3,(H,21,22);1H. The highest BCUT2D eigenvalue weighted by molar-refractivity contribution is 14.0. The number of aliphatic imine (C=N–C) groups is 1. The zero-order valence-electron chi connectivity index (χ0n) is 17.3. The molecule has 29 heavy (non-hydrogen) atoms. The van der Waals surface area contributed by atoms with E-state index in [-0.39, 0.29) is 35.6 Å². The number of amides is 1. The first kappa shape index (κ1) is 23.5. The molecule has 2 saturated heterocycles. The highest BCUT2D eigenvalue weighted by atomic mass is 127. The zero-order valence-corrected chi connectivity index (χ0v) is 19.6. The molecule has 0 atom stereocenters. The van der Waals surface area contributed by atoms with Crippen molar-refractivity contribution in [3.8, 4) is 11.5 Å². The minimum absolute atomic E-state index is 0. The number of ether oxygens (including phenoxy) is 1. The van der Waals surface area contributed by atoms with Crippen molar-refractivity contribution in [2.24, 2.45) is 4.99 Å². The number of nitrogens with zero attached hydrogens (tertiary/aromatic N) is 4. The first-order valence-corrected chi connectivity index (χ1v) is 9.92. The molecule has 0 radical (unpaired) electrons. The van der Waals surface area contributed by atoms with Crippen LogP contribution in [0.4, 0.5) is 0 Å². The van der Waals surface area contributed by atoms with Gasteiger partial charge >= 0.3 is 0 Å². The Kier molecular flexibility index (Phi) is 9.28. The van der Waals surface area contributed by atoms with E-state index in [1.54, 1.807) is 26.3 Å². The van der Waals surface area contributed by atoms with Crippen molar-refractivity contribution in [3.05, 3.63) is 23.8 Å². The van der Waals surface area contributed by atoms with E-state index in [1.807, 2.05) is 11.0 Å². The normalized spacial score (nSPS) is 17.8. The topological polar surface area (TPSA) is 80.6 Å². The summed E-state index contributed by atoms with van der Waals surface area (Å²) < 4.78 is 5.22. The minimum atomic E-state index is 0. The first-order valence-electron chi connectivity index (χ1n) is 9.92. The average Bonchev–Trinajstić information content (AvgIpc) is 3.26. The van der Waals surface area contributed by atoms with Crippen LogP contribution in [0.15, 0.2) is 23.2 Å². The van der Waals surface area contributed by atoms with Crippen molar-refractivity contribution in [1.29, 1.82) is 0 Å². The number of nitrogens with one attached hydrogen (secondary N) is 1. The number of phenols is 1. The molecule has 2 aliphatic rings. The highest BCUT2D eigenvalue weighted by Gasteiger charge is 2.24.